The molecule has 1 fully saturated rings. The number of hydrogen-bond acceptors (Lipinski definition) is 6. The molecule has 4 rings (SSSR count). The Kier molecular flexibility index (Phi) is 4.58. The Labute approximate surface area is 157 Å². The zero-order chi connectivity index (χ0) is 18.3. The van der Waals surface area contributed by atoms with Crippen LogP contribution in [0.1, 0.15) is 0 Å². The smallest absolute Gasteiger partial charge is 0.255 e. The molecule has 3 aromatic rings. The van der Waals surface area contributed by atoms with Gasteiger partial charge in [-0.25, -0.2) is 8.78 Å². The fraction of sp³-hybridized carbons (Fsp3) is 0.312. The van der Waals surface area contributed by atoms with E-state index in [0.717, 1.165) is 23.6 Å². The fourth-order valence-corrected chi connectivity index (χ4v) is 4.15. The van der Waals surface area contributed by atoms with Crippen molar-refractivity contribution in [1.29, 1.82) is 0 Å². The fourth-order valence-electron chi connectivity index (χ4n) is 2.99. The van der Waals surface area contributed by atoms with E-state index in [9.17, 15) is 8.78 Å². The lowest BCUT2D eigenvalue weighted by atomic mass is 10.1. The summed E-state index contributed by atoms with van der Waals surface area (Å²) in [5, 5.41) is 4.15. The molecule has 0 spiro atoms. The van der Waals surface area contributed by atoms with Crippen molar-refractivity contribution < 1.29 is 13.5 Å². The highest BCUT2D eigenvalue weighted by Crippen LogP contribution is 2.40. The molecule has 0 radical (unpaired) electrons. The molecule has 10 heteroatoms. The number of thioether (sulfide) groups is 1. The van der Waals surface area contributed by atoms with Gasteiger partial charge in [0.2, 0.25) is 0 Å². The van der Waals surface area contributed by atoms with E-state index >= 15 is 0 Å². The number of fused-ring (bicyclic) bond motifs is 1. The Bertz CT molecular complexity index is 954. The summed E-state index contributed by atoms with van der Waals surface area (Å²) < 4.78 is 35.9. The molecular weight excluding hydrogens is 384 g/mol. The second-order valence-corrected chi connectivity index (χ2v) is 7.22. The maximum Gasteiger partial charge on any atom is 0.255 e. The number of benzene rings is 1. The second kappa shape index (κ2) is 6.88. The molecule has 3 heterocycles. The molecule has 1 aliphatic heterocycles. The van der Waals surface area contributed by atoms with Crippen LogP contribution in [0.2, 0.25) is 5.15 Å². The van der Waals surface area contributed by atoms with Gasteiger partial charge in [-0.2, -0.15) is 31.3 Å². The van der Waals surface area contributed by atoms with Crippen molar-refractivity contribution >= 4 is 35.0 Å². The SMILES string of the molecule is COc1cc(F)c(-c2c(Cl)nc3ncnn3c2N2CCSCC2)c(F)c1. The summed E-state index contributed by atoms with van der Waals surface area (Å²) >= 11 is 8.17. The summed E-state index contributed by atoms with van der Waals surface area (Å²) in [7, 11) is 1.35. The van der Waals surface area contributed by atoms with Crippen LogP contribution in [0.25, 0.3) is 16.9 Å². The average molecular weight is 398 g/mol. The van der Waals surface area contributed by atoms with Gasteiger partial charge in [0.1, 0.15) is 34.7 Å². The van der Waals surface area contributed by atoms with E-state index in [0.29, 0.717) is 18.9 Å². The number of methoxy groups -OCH3 is 1. The van der Waals surface area contributed by atoms with Crippen molar-refractivity contribution in [3.63, 3.8) is 0 Å². The number of hydrogen-bond donors (Lipinski definition) is 0. The topological polar surface area (TPSA) is 55.6 Å². The van der Waals surface area contributed by atoms with Crippen LogP contribution in [-0.4, -0.2) is 51.3 Å². The van der Waals surface area contributed by atoms with Gasteiger partial charge in [-0.1, -0.05) is 11.6 Å². The van der Waals surface area contributed by atoms with Crippen LogP contribution >= 0.6 is 23.4 Å². The molecule has 2 aromatic heterocycles. The van der Waals surface area contributed by atoms with Crippen molar-refractivity contribution in [2.24, 2.45) is 0 Å². The maximum atomic E-state index is 14.8. The number of ether oxygens (including phenoxy) is 1. The van der Waals surface area contributed by atoms with Gasteiger partial charge in [0, 0.05) is 36.7 Å². The number of rotatable bonds is 3. The molecule has 0 N–H and O–H groups in total. The number of halogens is 3. The molecule has 0 atom stereocenters. The lowest BCUT2D eigenvalue weighted by Gasteiger charge is -2.30. The third-order valence-corrected chi connectivity index (χ3v) is 5.39. The molecule has 0 saturated carbocycles. The van der Waals surface area contributed by atoms with Crippen LogP contribution in [0.4, 0.5) is 14.6 Å². The van der Waals surface area contributed by atoms with Gasteiger partial charge in [-0.15, -0.1) is 0 Å². The van der Waals surface area contributed by atoms with E-state index in [1.54, 1.807) is 0 Å². The Hall–Kier alpha value is -2.13. The molecule has 26 heavy (non-hydrogen) atoms. The minimum atomic E-state index is -0.780. The third kappa shape index (κ3) is 2.84. The predicted octanol–water partition coefficient (Wildman–Crippen LogP) is 3.28. The summed E-state index contributed by atoms with van der Waals surface area (Å²) in [6.07, 6.45) is 1.34. The largest absolute Gasteiger partial charge is 0.497 e. The van der Waals surface area contributed by atoms with Gasteiger partial charge in [0.25, 0.3) is 5.78 Å². The predicted molar refractivity (Wildman–Crippen MR) is 97.2 cm³/mol. The van der Waals surface area contributed by atoms with E-state index in [1.165, 1.54) is 18.0 Å². The van der Waals surface area contributed by atoms with E-state index in [-0.39, 0.29) is 27.8 Å². The Balaban J connectivity index is 2.02. The number of anilines is 1. The summed E-state index contributed by atoms with van der Waals surface area (Å²) in [5.41, 5.74) is -0.0943. The lowest BCUT2D eigenvalue weighted by Crippen LogP contribution is -2.34. The molecule has 0 amide bonds. The lowest BCUT2D eigenvalue weighted by molar-refractivity contribution is 0.407. The highest BCUT2D eigenvalue weighted by molar-refractivity contribution is 7.99. The van der Waals surface area contributed by atoms with Gasteiger partial charge >= 0.3 is 0 Å². The maximum absolute atomic E-state index is 14.8. The van der Waals surface area contributed by atoms with E-state index in [4.69, 9.17) is 16.3 Å². The molecule has 6 nitrogen and oxygen atoms in total. The minimum Gasteiger partial charge on any atom is -0.497 e. The van der Waals surface area contributed by atoms with Gasteiger partial charge < -0.3 is 9.64 Å². The van der Waals surface area contributed by atoms with Crippen molar-refractivity contribution in [3.8, 4) is 16.9 Å². The van der Waals surface area contributed by atoms with Crippen molar-refractivity contribution in [2.75, 3.05) is 36.6 Å². The number of nitrogens with zero attached hydrogens (tertiary/aromatic N) is 5. The molecule has 1 aromatic carbocycles. The van der Waals surface area contributed by atoms with Gasteiger partial charge in [-0.3, -0.25) is 0 Å². The first-order chi connectivity index (χ1) is 12.6. The van der Waals surface area contributed by atoms with E-state index in [2.05, 4.69) is 15.1 Å². The normalized spacial score (nSPS) is 14.8. The van der Waals surface area contributed by atoms with Crippen LogP contribution in [0, 0.1) is 11.6 Å². The Morgan fingerprint density at radius 3 is 2.50 bits per heavy atom. The van der Waals surface area contributed by atoms with Gasteiger partial charge in [0.05, 0.1) is 18.2 Å². The standard InChI is InChI=1S/C16H14ClF2N5OS/c1-25-9-6-10(18)12(11(19)7-9)13-14(17)22-16-20-8-21-24(16)15(13)23-2-4-26-5-3-23/h6-8H,2-5H2,1H3. The van der Waals surface area contributed by atoms with E-state index in [1.807, 2.05) is 16.7 Å². The first-order valence-corrected chi connectivity index (χ1v) is 9.38. The molecule has 136 valence electrons. The monoisotopic (exact) mass is 397 g/mol. The van der Waals surface area contributed by atoms with Crippen molar-refractivity contribution in [1.82, 2.24) is 19.6 Å². The molecule has 0 unspecified atom stereocenters. The summed E-state index contributed by atoms with van der Waals surface area (Å²) in [4.78, 5) is 10.2. The number of aromatic nitrogens is 4. The van der Waals surface area contributed by atoms with Gasteiger partial charge in [0.15, 0.2) is 0 Å². The Morgan fingerprint density at radius 1 is 1.15 bits per heavy atom. The van der Waals surface area contributed by atoms with Crippen molar-refractivity contribution in [2.45, 2.75) is 0 Å². The quantitative estimate of drug-likeness (QED) is 0.632. The molecule has 1 aliphatic rings. The van der Waals surface area contributed by atoms with Crippen LogP contribution in [0.5, 0.6) is 5.75 Å². The molecular formula is C16H14ClF2N5OS. The molecule has 0 bridgehead atoms. The molecule has 0 aliphatic carbocycles. The second-order valence-electron chi connectivity index (χ2n) is 5.64. The van der Waals surface area contributed by atoms with Gasteiger partial charge in [-0.05, 0) is 0 Å². The zero-order valence-electron chi connectivity index (χ0n) is 13.7. The summed E-state index contributed by atoms with van der Waals surface area (Å²) in [6.45, 7) is 1.40. The van der Waals surface area contributed by atoms with Crippen LogP contribution in [0.3, 0.4) is 0 Å². The first kappa shape index (κ1) is 17.3. The summed E-state index contributed by atoms with van der Waals surface area (Å²) in [5.74, 6) is 1.08. The molecule has 1 saturated heterocycles. The van der Waals surface area contributed by atoms with Crippen LogP contribution < -0.4 is 9.64 Å². The third-order valence-electron chi connectivity index (χ3n) is 4.17. The Morgan fingerprint density at radius 2 is 1.85 bits per heavy atom. The first-order valence-electron chi connectivity index (χ1n) is 7.85. The van der Waals surface area contributed by atoms with Crippen LogP contribution in [0.15, 0.2) is 18.5 Å². The summed E-state index contributed by atoms with van der Waals surface area (Å²) in [6, 6.07) is 2.24. The minimum absolute atomic E-state index is 0.0262. The zero-order valence-corrected chi connectivity index (χ0v) is 15.3. The van der Waals surface area contributed by atoms with E-state index < -0.39 is 11.6 Å². The van der Waals surface area contributed by atoms with Crippen molar-refractivity contribution in [3.05, 3.63) is 35.2 Å². The highest BCUT2D eigenvalue weighted by atomic mass is 35.5. The van der Waals surface area contributed by atoms with Crippen LogP contribution in [-0.2, 0) is 0 Å². The average Bonchev–Trinajstić information content (AvgIpc) is 3.09. The highest BCUT2D eigenvalue weighted by Gasteiger charge is 2.28.